The molecule has 1 aromatic carbocycles. The molecule has 0 saturated carbocycles. The molecule has 106 valence electrons. The number of allylic oxidation sites excluding steroid dienone is 1. The Morgan fingerprint density at radius 1 is 1.30 bits per heavy atom. The van der Waals surface area contributed by atoms with Crippen molar-refractivity contribution in [3.8, 4) is 11.3 Å². The standard InChI is InChI=1S/C14H14F3N3/c1-3-5-20-11(4-2)19-13(14(20)18)8-6-9(15)12(17)10(16)7-8/h3,6-7H,1,4-5,18H2,2H3. The molecule has 0 aliphatic heterocycles. The molecule has 1 heterocycles. The van der Waals surface area contributed by atoms with Crippen molar-refractivity contribution in [2.45, 2.75) is 19.9 Å². The van der Waals surface area contributed by atoms with Gasteiger partial charge in [-0.25, -0.2) is 18.2 Å². The summed E-state index contributed by atoms with van der Waals surface area (Å²) < 4.78 is 41.3. The van der Waals surface area contributed by atoms with Gasteiger partial charge in [-0.3, -0.25) is 0 Å². The fraction of sp³-hybridized carbons (Fsp3) is 0.214. The van der Waals surface area contributed by atoms with Gasteiger partial charge >= 0.3 is 0 Å². The first-order chi connectivity index (χ1) is 9.49. The van der Waals surface area contributed by atoms with Crippen LogP contribution in [-0.2, 0) is 13.0 Å². The Labute approximate surface area is 114 Å². The van der Waals surface area contributed by atoms with Gasteiger partial charge in [-0.1, -0.05) is 13.0 Å². The number of halogens is 3. The first kappa shape index (κ1) is 14.2. The van der Waals surface area contributed by atoms with Crippen LogP contribution in [0.2, 0.25) is 0 Å². The molecular formula is C14H14F3N3. The number of imidazole rings is 1. The highest BCUT2D eigenvalue weighted by molar-refractivity contribution is 5.71. The molecule has 3 nitrogen and oxygen atoms in total. The Hall–Kier alpha value is -2.24. The topological polar surface area (TPSA) is 43.8 Å². The molecule has 0 radical (unpaired) electrons. The molecule has 0 fully saturated rings. The summed E-state index contributed by atoms with van der Waals surface area (Å²) in [4.78, 5) is 4.26. The van der Waals surface area contributed by atoms with Crippen LogP contribution in [0.5, 0.6) is 0 Å². The number of nitrogens with zero attached hydrogens (tertiary/aromatic N) is 2. The number of aromatic nitrogens is 2. The van der Waals surface area contributed by atoms with E-state index in [4.69, 9.17) is 5.73 Å². The Kier molecular flexibility index (Phi) is 3.83. The van der Waals surface area contributed by atoms with Gasteiger partial charge in [-0.15, -0.1) is 6.58 Å². The summed E-state index contributed by atoms with van der Waals surface area (Å²) in [6.07, 6.45) is 2.25. The first-order valence-electron chi connectivity index (χ1n) is 6.10. The monoisotopic (exact) mass is 281 g/mol. The van der Waals surface area contributed by atoms with Crippen LogP contribution in [0.1, 0.15) is 12.7 Å². The van der Waals surface area contributed by atoms with Crippen LogP contribution in [0, 0.1) is 17.5 Å². The van der Waals surface area contributed by atoms with Crippen molar-refractivity contribution >= 4 is 5.82 Å². The van der Waals surface area contributed by atoms with E-state index in [2.05, 4.69) is 11.6 Å². The van der Waals surface area contributed by atoms with Crippen molar-refractivity contribution in [1.82, 2.24) is 9.55 Å². The van der Waals surface area contributed by atoms with Gasteiger partial charge in [-0.2, -0.15) is 0 Å². The molecule has 2 rings (SSSR count). The Morgan fingerprint density at radius 2 is 1.90 bits per heavy atom. The average molecular weight is 281 g/mol. The number of nitrogens with two attached hydrogens (primary N) is 1. The van der Waals surface area contributed by atoms with Crippen molar-refractivity contribution in [1.29, 1.82) is 0 Å². The summed E-state index contributed by atoms with van der Waals surface area (Å²) >= 11 is 0. The van der Waals surface area contributed by atoms with Crippen LogP contribution in [-0.4, -0.2) is 9.55 Å². The van der Waals surface area contributed by atoms with E-state index in [1.54, 1.807) is 10.6 Å². The van der Waals surface area contributed by atoms with Crippen LogP contribution in [0.3, 0.4) is 0 Å². The maximum atomic E-state index is 13.3. The van der Waals surface area contributed by atoms with E-state index >= 15 is 0 Å². The molecule has 0 saturated heterocycles. The van der Waals surface area contributed by atoms with Crippen molar-refractivity contribution in [2.75, 3.05) is 5.73 Å². The molecular weight excluding hydrogens is 267 g/mol. The second kappa shape index (κ2) is 5.40. The molecule has 20 heavy (non-hydrogen) atoms. The predicted molar refractivity (Wildman–Crippen MR) is 71.5 cm³/mol. The van der Waals surface area contributed by atoms with Gasteiger partial charge in [0.05, 0.1) is 0 Å². The summed E-state index contributed by atoms with van der Waals surface area (Å²) in [6, 6.07) is 1.77. The highest BCUT2D eigenvalue weighted by atomic mass is 19.2. The van der Waals surface area contributed by atoms with E-state index in [1.807, 2.05) is 6.92 Å². The number of hydrogen-bond donors (Lipinski definition) is 1. The largest absolute Gasteiger partial charge is 0.383 e. The Balaban J connectivity index is 2.61. The molecule has 0 amide bonds. The molecule has 0 atom stereocenters. The normalized spacial score (nSPS) is 10.8. The van der Waals surface area contributed by atoms with Gasteiger partial charge in [0.15, 0.2) is 17.5 Å². The Morgan fingerprint density at radius 3 is 2.40 bits per heavy atom. The zero-order valence-corrected chi connectivity index (χ0v) is 11.0. The number of hydrogen-bond acceptors (Lipinski definition) is 2. The van der Waals surface area contributed by atoms with E-state index in [9.17, 15) is 13.2 Å². The van der Waals surface area contributed by atoms with Gasteiger partial charge in [0.2, 0.25) is 0 Å². The van der Waals surface area contributed by atoms with E-state index in [0.717, 1.165) is 12.1 Å². The number of rotatable bonds is 4. The molecule has 0 aliphatic carbocycles. The average Bonchev–Trinajstić information content (AvgIpc) is 2.73. The minimum atomic E-state index is -1.51. The molecule has 1 aromatic heterocycles. The quantitative estimate of drug-likeness (QED) is 0.690. The molecule has 2 N–H and O–H groups in total. The highest BCUT2D eigenvalue weighted by Gasteiger charge is 2.18. The van der Waals surface area contributed by atoms with Gasteiger partial charge in [-0.05, 0) is 12.1 Å². The van der Waals surface area contributed by atoms with Crippen LogP contribution >= 0.6 is 0 Å². The van der Waals surface area contributed by atoms with Crippen molar-refractivity contribution in [2.24, 2.45) is 0 Å². The van der Waals surface area contributed by atoms with Gasteiger partial charge in [0.1, 0.15) is 17.3 Å². The lowest BCUT2D eigenvalue weighted by Gasteiger charge is -2.05. The molecule has 2 aromatic rings. The Bertz CT molecular complexity index is 639. The van der Waals surface area contributed by atoms with E-state index in [-0.39, 0.29) is 17.1 Å². The lowest BCUT2D eigenvalue weighted by atomic mass is 10.1. The van der Waals surface area contributed by atoms with E-state index in [1.165, 1.54) is 0 Å². The fourth-order valence-electron chi connectivity index (χ4n) is 2.02. The summed E-state index contributed by atoms with van der Waals surface area (Å²) in [6.45, 7) is 5.95. The SMILES string of the molecule is C=CCn1c(CC)nc(-c2cc(F)c(F)c(F)c2)c1N. The highest BCUT2D eigenvalue weighted by Crippen LogP contribution is 2.29. The maximum absolute atomic E-state index is 13.3. The van der Waals surface area contributed by atoms with Crippen molar-refractivity contribution in [3.63, 3.8) is 0 Å². The van der Waals surface area contributed by atoms with Crippen LogP contribution in [0.4, 0.5) is 19.0 Å². The summed E-state index contributed by atoms with van der Waals surface area (Å²) in [7, 11) is 0. The van der Waals surface area contributed by atoms with E-state index < -0.39 is 17.5 Å². The first-order valence-corrected chi connectivity index (χ1v) is 6.10. The lowest BCUT2D eigenvalue weighted by Crippen LogP contribution is -2.05. The fourth-order valence-corrected chi connectivity index (χ4v) is 2.02. The van der Waals surface area contributed by atoms with Gasteiger partial charge in [0, 0.05) is 18.5 Å². The van der Waals surface area contributed by atoms with Crippen LogP contribution in [0.25, 0.3) is 11.3 Å². The molecule has 6 heteroatoms. The molecule has 0 bridgehead atoms. The number of nitrogen functional groups attached to an aromatic ring is 1. The third kappa shape index (κ3) is 2.29. The second-order valence-electron chi connectivity index (χ2n) is 4.27. The predicted octanol–water partition coefficient (Wildman–Crippen LogP) is 3.30. The lowest BCUT2D eigenvalue weighted by molar-refractivity contribution is 0.447. The van der Waals surface area contributed by atoms with E-state index in [0.29, 0.717) is 18.8 Å². The minimum Gasteiger partial charge on any atom is -0.383 e. The molecule has 0 aliphatic rings. The van der Waals surface area contributed by atoms with Crippen molar-refractivity contribution < 1.29 is 13.2 Å². The zero-order chi connectivity index (χ0) is 14.9. The summed E-state index contributed by atoms with van der Waals surface area (Å²) in [5.74, 6) is -3.10. The maximum Gasteiger partial charge on any atom is 0.194 e. The van der Waals surface area contributed by atoms with Crippen LogP contribution < -0.4 is 5.73 Å². The van der Waals surface area contributed by atoms with Crippen molar-refractivity contribution in [3.05, 3.63) is 48.1 Å². The van der Waals surface area contributed by atoms with Crippen LogP contribution in [0.15, 0.2) is 24.8 Å². The second-order valence-corrected chi connectivity index (χ2v) is 4.27. The molecule has 0 spiro atoms. The number of aryl methyl sites for hydroxylation is 1. The number of anilines is 1. The third-order valence-corrected chi connectivity index (χ3v) is 2.97. The minimum absolute atomic E-state index is 0.108. The summed E-state index contributed by atoms with van der Waals surface area (Å²) in [5, 5.41) is 0. The summed E-state index contributed by atoms with van der Waals surface area (Å²) in [5.41, 5.74) is 6.30. The third-order valence-electron chi connectivity index (χ3n) is 2.97. The smallest absolute Gasteiger partial charge is 0.194 e. The molecule has 0 unspecified atom stereocenters. The zero-order valence-electron chi connectivity index (χ0n) is 11.0. The number of benzene rings is 1. The van der Waals surface area contributed by atoms with Gasteiger partial charge in [0.25, 0.3) is 0 Å². The van der Waals surface area contributed by atoms with Gasteiger partial charge < -0.3 is 10.3 Å².